The van der Waals surface area contributed by atoms with Crippen molar-refractivity contribution in [2.45, 2.75) is 62.8 Å². The van der Waals surface area contributed by atoms with Crippen molar-refractivity contribution >= 4 is 47.0 Å². The number of nitrogens with zero attached hydrogens (tertiary/aromatic N) is 1. The number of hydrogen-bond acceptors (Lipinski definition) is 9. The minimum Gasteiger partial charge on any atom is -0.469 e. The van der Waals surface area contributed by atoms with Crippen LogP contribution in [0.3, 0.4) is 0 Å². The second kappa shape index (κ2) is 14.1. The van der Waals surface area contributed by atoms with Crippen molar-refractivity contribution in [3.05, 3.63) is 59.9 Å². The third-order valence-corrected chi connectivity index (χ3v) is 7.93. The van der Waals surface area contributed by atoms with Crippen LogP contribution in [0.4, 0.5) is 0 Å². The second-order valence-corrected chi connectivity index (χ2v) is 10.8. The van der Waals surface area contributed by atoms with Gasteiger partial charge >= 0.3 is 5.97 Å². The number of esters is 1. The van der Waals surface area contributed by atoms with Crippen LogP contribution in [0, 0.1) is 0 Å². The SMILES string of the molecule is CC/C=C\CC(=O)CCCN1C(=O)CC(SCC(NC(=O)C2=CC(=O)C(C)(c3ccccc3)O2)C(=O)OC)C1=O. The smallest absolute Gasteiger partial charge is 0.329 e. The second-order valence-electron chi connectivity index (χ2n) is 9.56. The Kier molecular flexibility index (Phi) is 10.8. The molecule has 1 saturated heterocycles. The summed E-state index contributed by atoms with van der Waals surface area (Å²) in [7, 11) is 1.17. The molecule has 1 fully saturated rings. The molecule has 0 saturated carbocycles. The van der Waals surface area contributed by atoms with Crippen LogP contribution in [0.25, 0.3) is 0 Å². The Labute approximate surface area is 237 Å². The Hall–Kier alpha value is -3.73. The maximum atomic E-state index is 12.9. The number of methoxy groups -OCH3 is 1. The van der Waals surface area contributed by atoms with Gasteiger partial charge in [0.15, 0.2) is 11.4 Å². The number of rotatable bonds is 14. The summed E-state index contributed by atoms with van der Waals surface area (Å²) in [5.41, 5.74) is -0.800. The van der Waals surface area contributed by atoms with Crippen LogP contribution in [0.15, 0.2) is 54.3 Å². The molecule has 3 unspecified atom stereocenters. The topological polar surface area (TPSA) is 136 Å². The van der Waals surface area contributed by atoms with Crippen molar-refractivity contribution in [1.29, 1.82) is 0 Å². The van der Waals surface area contributed by atoms with Gasteiger partial charge in [0.25, 0.3) is 5.91 Å². The van der Waals surface area contributed by atoms with E-state index in [4.69, 9.17) is 9.47 Å². The molecular formula is C29H34N2O8S. The fraction of sp³-hybridized carbons (Fsp3) is 0.448. The fourth-order valence-corrected chi connectivity index (χ4v) is 5.49. The maximum absolute atomic E-state index is 12.9. The first-order valence-electron chi connectivity index (χ1n) is 13.1. The molecule has 11 heteroatoms. The summed E-state index contributed by atoms with van der Waals surface area (Å²) < 4.78 is 10.5. The molecule has 0 radical (unpaired) electrons. The Morgan fingerprint density at radius 2 is 1.93 bits per heavy atom. The molecule has 3 rings (SSSR count). The van der Waals surface area contributed by atoms with E-state index < -0.39 is 40.5 Å². The van der Waals surface area contributed by atoms with Gasteiger partial charge in [0, 0.05) is 43.2 Å². The van der Waals surface area contributed by atoms with E-state index in [-0.39, 0.29) is 42.6 Å². The number of amides is 3. The van der Waals surface area contributed by atoms with E-state index in [1.165, 1.54) is 7.11 Å². The van der Waals surface area contributed by atoms with E-state index in [0.717, 1.165) is 29.2 Å². The Bertz CT molecular complexity index is 1210. The molecule has 0 aliphatic carbocycles. The number of hydrogen-bond donors (Lipinski definition) is 1. The van der Waals surface area contributed by atoms with Gasteiger partial charge in [-0.15, -0.1) is 11.8 Å². The van der Waals surface area contributed by atoms with Crippen molar-refractivity contribution in [3.8, 4) is 0 Å². The highest BCUT2D eigenvalue weighted by atomic mass is 32.2. The summed E-state index contributed by atoms with van der Waals surface area (Å²) in [6.07, 6.45) is 6.60. The van der Waals surface area contributed by atoms with Gasteiger partial charge < -0.3 is 14.8 Å². The van der Waals surface area contributed by atoms with E-state index >= 15 is 0 Å². The molecule has 214 valence electrons. The van der Waals surface area contributed by atoms with Gasteiger partial charge in [0.1, 0.15) is 11.8 Å². The maximum Gasteiger partial charge on any atom is 0.329 e. The van der Waals surface area contributed by atoms with Gasteiger partial charge in [-0.25, -0.2) is 4.79 Å². The molecule has 0 aromatic heterocycles. The number of carbonyl (C=O) groups excluding carboxylic acids is 6. The van der Waals surface area contributed by atoms with Crippen LogP contribution in [0.2, 0.25) is 0 Å². The van der Waals surface area contributed by atoms with Crippen LogP contribution < -0.4 is 5.32 Å². The van der Waals surface area contributed by atoms with Gasteiger partial charge in [0.2, 0.25) is 17.6 Å². The summed E-state index contributed by atoms with van der Waals surface area (Å²) in [5, 5.41) is 1.78. The summed E-state index contributed by atoms with van der Waals surface area (Å²) in [5.74, 6) is -2.93. The highest BCUT2D eigenvalue weighted by Crippen LogP contribution is 2.35. The lowest BCUT2D eigenvalue weighted by Crippen LogP contribution is -2.45. The average molecular weight is 571 g/mol. The predicted octanol–water partition coefficient (Wildman–Crippen LogP) is 2.61. The van der Waals surface area contributed by atoms with Gasteiger partial charge in [-0.2, -0.15) is 0 Å². The Balaban J connectivity index is 1.55. The lowest BCUT2D eigenvalue weighted by molar-refractivity contribution is -0.144. The van der Waals surface area contributed by atoms with Crippen molar-refractivity contribution < 1.29 is 38.2 Å². The molecule has 40 heavy (non-hydrogen) atoms. The molecule has 0 bridgehead atoms. The minimum atomic E-state index is -1.37. The van der Waals surface area contributed by atoms with Crippen LogP contribution in [-0.2, 0) is 43.8 Å². The van der Waals surface area contributed by atoms with E-state index in [1.54, 1.807) is 37.3 Å². The fourth-order valence-electron chi connectivity index (χ4n) is 4.31. The van der Waals surface area contributed by atoms with Gasteiger partial charge in [0.05, 0.1) is 12.4 Å². The van der Waals surface area contributed by atoms with E-state index in [9.17, 15) is 28.8 Å². The molecule has 0 spiro atoms. The zero-order chi connectivity index (χ0) is 29.3. The number of allylic oxidation sites excluding steroid dienone is 2. The lowest BCUT2D eigenvalue weighted by atomic mass is 9.92. The molecule has 3 amide bonds. The number of ether oxygens (including phenoxy) is 2. The molecular weight excluding hydrogens is 536 g/mol. The lowest BCUT2D eigenvalue weighted by Gasteiger charge is -2.24. The summed E-state index contributed by atoms with van der Waals surface area (Å²) >= 11 is 1.06. The quantitative estimate of drug-likeness (QED) is 0.203. The van der Waals surface area contributed by atoms with Crippen molar-refractivity contribution in [1.82, 2.24) is 10.2 Å². The van der Waals surface area contributed by atoms with Gasteiger partial charge in [-0.05, 0) is 19.8 Å². The molecule has 1 aromatic rings. The Morgan fingerprint density at radius 1 is 1.20 bits per heavy atom. The van der Waals surface area contributed by atoms with Crippen molar-refractivity contribution in [2.75, 3.05) is 19.4 Å². The zero-order valence-corrected chi connectivity index (χ0v) is 23.7. The van der Waals surface area contributed by atoms with Crippen molar-refractivity contribution in [2.24, 2.45) is 0 Å². The number of likely N-dealkylation sites (tertiary alicyclic amines) is 1. The first kappa shape index (κ1) is 30.8. The van der Waals surface area contributed by atoms with E-state index in [1.807, 2.05) is 19.1 Å². The van der Waals surface area contributed by atoms with Crippen LogP contribution in [0.1, 0.15) is 51.5 Å². The number of nitrogens with one attached hydrogen (secondary N) is 1. The monoisotopic (exact) mass is 570 g/mol. The number of carbonyl (C=O) groups is 6. The number of Topliss-reactive ketones (excluding diaryl/α,β-unsaturated/α-hetero) is 1. The highest BCUT2D eigenvalue weighted by Gasteiger charge is 2.44. The molecule has 1 aromatic carbocycles. The third-order valence-electron chi connectivity index (χ3n) is 6.64. The molecule has 2 aliphatic heterocycles. The number of thioether (sulfide) groups is 1. The molecule has 3 atom stereocenters. The van der Waals surface area contributed by atoms with E-state index in [2.05, 4.69) is 5.32 Å². The molecule has 10 nitrogen and oxygen atoms in total. The highest BCUT2D eigenvalue weighted by molar-refractivity contribution is 8.00. The summed E-state index contributed by atoms with van der Waals surface area (Å²) in [6, 6.07) is 7.57. The minimum absolute atomic E-state index is 0.0403. The van der Waals surface area contributed by atoms with Crippen LogP contribution in [-0.4, -0.2) is 70.9 Å². The van der Waals surface area contributed by atoms with Crippen molar-refractivity contribution in [3.63, 3.8) is 0 Å². The van der Waals surface area contributed by atoms with Crippen LogP contribution >= 0.6 is 11.8 Å². The molecule has 2 aliphatic rings. The summed E-state index contributed by atoms with van der Waals surface area (Å²) in [4.78, 5) is 76.4. The first-order valence-corrected chi connectivity index (χ1v) is 14.2. The zero-order valence-electron chi connectivity index (χ0n) is 22.8. The Morgan fingerprint density at radius 3 is 2.60 bits per heavy atom. The van der Waals surface area contributed by atoms with Gasteiger partial charge in [-0.1, -0.05) is 49.4 Å². The van der Waals surface area contributed by atoms with Gasteiger partial charge in [-0.3, -0.25) is 28.9 Å². The number of benzene rings is 1. The third kappa shape index (κ3) is 7.47. The summed E-state index contributed by atoms with van der Waals surface area (Å²) in [6.45, 7) is 3.68. The normalized spacial score (nSPS) is 21.4. The standard InChI is InChI=1S/C29H34N2O8S/c1-4-5-7-13-20(32)14-10-15-31-25(34)17-23(27(31)36)40-18-21(28(37)38-3)30-26(35)22-16-24(33)29(2,39-22)19-11-8-6-9-12-19/h5-9,11-12,16,21,23H,4,10,13-15,17-18H2,1-3H3,(H,30,35)/b7-5-. The largest absolute Gasteiger partial charge is 0.469 e. The molecule has 1 N–H and O–H groups in total. The predicted molar refractivity (Wildman–Crippen MR) is 148 cm³/mol. The number of ketones is 2. The first-order chi connectivity index (χ1) is 19.1. The van der Waals surface area contributed by atoms with E-state index in [0.29, 0.717) is 18.4 Å². The molecule has 2 heterocycles. The number of imide groups is 1. The van der Waals surface area contributed by atoms with Crippen LogP contribution in [0.5, 0.6) is 0 Å². The average Bonchev–Trinajstić information content (AvgIpc) is 3.41.